The van der Waals surface area contributed by atoms with Crippen LogP contribution in [0.4, 0.5) is 0 Å². The Morgan fingerprint density at radius 3 is 2.76 bits per heavy atom. The molecule has 2 aromatic carbocycles. The summed E-state index contributed by atoms with van der Waals surface area (Å²) in [6.45, 7) is 3.72. The normalized spacial score (nSPS) is 10.9. The third-order valence-corrected chi connectivity index (χ3v) is 4.76. The van der Waals surface area contributed by atoms with Crippen LogP contribution in [-0.4, -0.2) is 22.1 Å². The number of ether oxygens (including phenoxy) is 1. The third kappa shape index (κ3) is 4.32. The first-order chi connectivity index (χ1) is 14.2. The van der Waals surface area contributed by atoms with Gasteiger partial charge in [-0.25, -0.2) is 4.98 Å². The maximum Gasteiger partial charge on any atom is 0.287 e. The lowest BCUT2D eigenvalue weighted by Gasteiger charge is -2.12. The molecule has 0 saturated carbocycles. The Balaban J connectivity index is 1.43. The van der Waals surface area contributed by atoms with Crippen LogP contribution in [0.1, 0.15) is 28.4 Å². The molecular weight excluding hydrogens is 366 g/mol. The van der Waals surface area contributed by atoms with Crippen LogP contribution in [0.2, 0.25) is 0 Å². The number of aryl methyl sites for hydroxylation is 2. The van der Waals surface area contributed by atoms with Crippen LogP contribution in [-0.2, 0) is 13.1 Å². The summed E-state index contributed by atoms with van der Waals surface area (Å²) in [5.41, 5.74) is 3.09. The predicted molar refractivity (Wildman–Crippen MR) is 111 cm³/mol. The van der Waals surface area contributed by atoms with Crippen molar-refractivity contribution < 1.29 is 13.9 Å². The summed E-state index contributed by atoms with van der Waals surface area (Å²) in [6, 6.07) is 19.3. The number of amides is 1. The Kier molecular flexibility index (Phi) is 5.61. The molecule has 0 unspecified atom stereocenters. The Bertz CT molecular complexity index is 1100. The van der Waals surface area contributed by atoms with Crippen molar-refractivity contribution in [1.82, 2.24) is 14.9 Å². The second-order valence-electron chi connectivity index (χ2n) is 6.80. The van der Waals surface area contributed by atoms with Crippen LogP contribution in [0.3, 0.4) is 0 Å². The van der Waals surface area contributed by atoms with E-state index in [1.54, 1.807) is 12.1 Å². The molecule has 6 heteroatoms. The molecule has 0 aliphatic carbocycles. The van der Waals surface area contributed by atoms with Crippen molar-refractivity contribution in [3.63, 3.8) is 0 Å². The fourth-order valence-electron chi connectivity index (χ4n) is 3.29. The summed E-state index contributed by atoms with van der Waals surface area (Å²) in [7, 11) is 0. The number of rotatable bonds is 8. The van der Waals surface area contributed by atoms with Gasteiger partial charge in [0.25, 0.3) is 5.91 Å². The summed E-state index contributed by atoms with van der Waals surface area (Å²) >= 11 is 0. The second kappa shape index (κ2) is 8.65. The van der Waals surface area contributed by atoms with E-state index in [0.717, 1.165) is 41.1 Å². The van der Waals surface area contributed by atoms with Crippen molar-refractivity contribution in [1.29, 1.82) is 0 Å². The number of carbonyl (C=O) groups excluding carboxylic acids is 1. The third-order valence-electron chi connectivity index (χ3n) is 4.76. The van der Waals surface area contributed by atoms with Gasteiger partial charge in [0, 0.05) is 6.54 Å². The van der Waals surface area contributed by atoms with E-state index in [1.807, 2.05) is 55.5 Å². The number of hydrogen-bond donors (Lipinski definition) is 1. The Labute approximate surface area is 169 Å². The van der Waals surface area contributed by atoms with E-state index >= 15 is 0 Å². The second-order valence-corrected chi connectivity index (χ2v) is 6.80. The van der Waals surface area contributed by atoms with Crippen LogP contribution in [0.15, 0.2) is 71.3 Å². The molecule has 1 amide bonds. The molecule has 0 aliphatic heterocycles. The molecule has 148 valence electrons. The van der Waals surface area contributed by atoms with Gasteiger partial charge in [0.2, 0.25) is 0 Å². The van der Waals surface area contributed by atoms with Crippen LogP contribution in [0.25, 0.3) is 11.0 Å². The zero-order chi connectivity index (χ0) is 20.1. The zero-order valence-corrected chi connectivity index (χ0v) is 16.3. The summed E-state index contributed by atoms with van der Waals surface area (Å²) < 4.78 is 13.2. The topological polar surface area (TPSA) is 69.3 Å². The number of nitrogens with zero attached hydrogens (tertiary/aromatic N) is 2. The number of aromatic nitrogens is 2. The first kappa shape index (κ1) is 18.8. The molecule has 2 aromatic heterocycles. The van der Waals surface area contributed by atoms with E-state index in [9.17, 15) is 4.79 Å². The van der Waals surface area contributed by atoms with Crippen molar-refractivity contribution in [3.05, 3.63) is 84.1 Å². The van der Waals surface area contributed by atoms with Gasteiger partial charge in [-0.15, -0.1) is 0 Å². The minimum atomic E-state index is -0.253. The molecule has 4 aromatic rings. The standard InChI is InChI=1S/C23H23N3O3/c1-17-8-2-5-11-20(17)28-15-7-13-26-19-10-4-3-9-18(19)25-22(26)16-24-23(27)21-12-6-14-29-21/h2-6,8-12,14H,7,13,15-16H2,1H3,(H,24,27). The number of fused-ring (bicyclic) bond motifs is 1. The molecule has 1 N–H and O–H groups in total. The van der Waals surface area contributed by atoms with Gasteiger partial charge in [0.1, 0.15) is 11.6 Å². The molecule has 0 bridgehead atoms. The number of carbonyl (C=O) groups is 1. The monoisotopic (exact) mass is 389 g/mol. The van der Waals surface area contributed by atoms with Crippen LogP contribution < -0.4 is 10.1 Å². The van der Waals surface area contributed by atoms with Gasteiger partial charge in [-0.3, -0.25) is 4.79 Å². The zero-order valence-electron chi connectivity index (χ0n) is 16.3. The molecule has 0 radical (unpaired) electrons. The molecule has 0 saturated heterocycles. The average Bonchev–Trinajstić information content (AvgIpc) is 3.39. The van der Waals surface area contributed by atoms with Gasteiger partial charge < -0.3 is 19.0 Å². The maximum absolute atomic E-state index is 12.2. The number of nitrogens with one attached hydrogen (secondary N) is 1. The molecular formula is C23H23N3O3. The largest absolute Gasteiger partial charge is 0.493 e. The Morgan fingerprint density at radius 1 is 1.10 bits per heavy atom. The molecule has 0 fully saturated rings. The number of benzene rings is 2. The van der Waals surface area contributed by atoms with Crippen molar-refractivity contribution in [2.75, 3.05) is 6.61 Å². The highest BCUT2D eigenvalue weighted by molar-refractivity contribution is 5.91. The van der Waals surface area contributed by atoms with Crippen LogP contribution in [0.5, 0.6) is 5.75 Å². The molecule has 4 rings (SSSR count). The lowest BCUT2D eigenvalue weighted by atomic mass is 10.2. The highest BCUT2D eigenvalue weighted by atomic mass is 16.5. The van der Waals surface area contributed by atoms with Crippen molar-refractivity contribution >= 4 is 16.9 Å². The van der Waals surface area contributed by atoms with E-state index in [2.05, 4.69) is 9.88 Å². The van der Waals surface area contributed by atoms with E-state index in [1.165, 1.54) is 6.26 Å². The van der Waals surface area contributed by atoms with E-state index in [-0.39, 0.29) is 5.91 Å². The van der Waals surface area contributed by atoms with E-state index in [0.29, 0.717) is 18.9 Å². The number of furan rings is 1. The van der Waals surface area contributed by atoms with Crippen LogP contribution in [0, 0.1) is 6.92 Å². The lowest BCUT2D eigenvalue weighted by Crippen LogP contribution is -2.24. The summed E-state index contributed by atoms with van der Waals surface area (Å²) in [6.07, 6.45) is 2.31. The van der Waals surface area contributed by atoms with Gasteiger partial charge in [0.05, 0.1) is 30.4 Å². The average molecular weight is 389 g/mol. The molecule has 2 heterocycles. The van der Waals surface area contributed by atoms with Crippen molar-refractivity contribution in [3.8, 4) is 5.75 Å². The van der Waals surface area contributed by atoms with Gasteiger partial charge >= 0.3 is 0 Å². The van der Waals surface area contributed by atoms with Gasteiger partial charge in [0.15, 0.2) is 5.76 Å². The van der Waals surface area contributed by atoms with Crippen LogP contribution >= 0.6 is 0 Å². The highest BCUT2D eigenvalue weighted by Crippen LogP contribution is 2.19. The molecule has 0 aliphatic rings. The maximum atomic E-state index is 12.2. The fraction of sp³-hybridized carbons (Fsp3) is 0.217. The summed E-state index contributed by atoms with van der Waals surface area (Å²) in [5, 5.41) is 2.88. The van der Waals surface area contributed by atoms with Gasteiger partial charge in [-0.05, 0) is 49.2 Å². The molecule has 0 spiro atoms. The Hall–Kier alpha value is -3.54. The van der Waals surface area contributed by atoms with E-state index in [4.69, 9.17) is 14.1 Å². The lowest BCUT2D eigenvalue weighted by molar-refractivity contribution is 0.0921. The number of hydrogen-bond acceptors (Lipinski definition) is 4. The van der Waals surface area contributed by atoms with Crippen molar-refractivity contribution in [2.45, 2.75) is 26.4 Å². The fourth-order valence-corrected chi connectivity index (χ4v) is 3.29. The molecule has 0 atom stereocenters. The van der Waals surface area contributed by atoms with E-state index < -0.39 is 0 Å². The highest BCUT2D eigenvalue weighted by Gasteiger charge is 2.13. The molecule has 29 heavy (non-hydrogen) atoms. The SMILES string of the molecule is Cc1ccccc1OCCCn1c(CNC(=O)c2ccco2)nc2ccccc21. The number of para-hydroxylation sites is 3. The summed E-state index contributed by atoms with van der Waals surface area (Å²) in [5.74, 6) is 1.76. The van der Waals surface area contributed by atoms with Gasteiger partial charge in [-0.1, -0.05) is 30.3 Å². The number of imidazole rings is 1. The Morgan fingerprint density at radius 2 is 1.93 bits per heavy atom. The smallest absolute Gasteiger partial charge is 0.287 e. The first-order valence-electron chi connectivity index (χ1n) is 9.66. The molecule has 6 nitrogen and oxygen atoms in total. The predicted octanol–water partition coefficient (Wildman–Crippen LogP) is 4.34. The van der Waals surface area contributed by atoms with Crippen molar-refractivity contribution in [2.24, 2.45) is 0 Å². The summed E-state index contributed by atoms with van der Waals surface area (Å²) in [4.78, 5) is 16.9. The first-order valence-corrected chi connectivity index (χ1v) is 9.66. The minimum absolute atomic E-state index is 0.253. The minimum Gasteiger partial charge on any atom is -0.493 e. The van der Waals surface area contributed by atoms with Gasteiger partial charge in [-0.2, -0.15) is 0 Å². The quantitative estimate of drug-likeness (QED) is 0.455.